The van der Waals surface area contributed by atoms with Gasteiger partial charge in [-0.05, 0) is 29.2 Å². The van der Waals surface area contributed by atoms with Crippen LogP contribution in [0.5, 0.6) is 0 Å². The van der Waals surface area contributed by atoms with E-state index in [2.05, 4.69) is 6.92 Å². The van der Waals surface area contributed by atoms with Gasteiger partial charge in [0.25, 0.3) is 0 Å². The Morgan fingerprint density at radius 2 is 1.16 bits per heavy atom. The van der Waals surface area contributed by atoms with E-state index >= 15 is 0 Å². The van der Waals surface area contributed by atoms with Gasteiger partial charge < -0.3 is 4.55 Å². The summed E-state index contributed by atoms with van der Waals surface area (Å²) in [4.78, 5) is -0.0182. The zero-order valence-corrected chi connectivity index (χ0v) is 23.6. The summed E-state index contributed by atoms with van der Waals surface area (Å²) in [5.74, 6) is 0. The minimum absolute atomic E-state index is 0. The van der Waals surface area contributed by atoms with Crippen LogP contribution in [-0.2, 0) is 16.5 Å². The van der Waals surface area contributed by atoms with Gasteiger partial charge in [-0.25, -0.2) is 8.42 Å². The van der Waals surface area contributed by atoms with E-state index in [0.29, 0.717) is 17.4 Å². The molecule has 0 radical (unpaired) electrons. The van der Waals surface area contributed by atoms with E-state index < -0.39 is 10.1 Å². The van der Waals surface area contributed by atoms with Crippen molar-refractivity contribution in [3.63, 3.8) is 0 Å². The average Bonchev–Trinajstić information content (AvgIpc) is 2.72. The van der Waals surface area contributed by atoms with Crippen molar-refractivity contribution >= 4 is 20.9 Å². The van der Waals surface area contributed by atoms with E-state index in [0.717, 1.165) is 18.2 Å². The number of hydrogen-bond donors (Lipinski definition) is 0. The van der Waals surface area contributed by atoms with E-state index in [1.165, 1.54) is 77.0 Å². The monoisotopic (exact) mass is 470 g/mol. The second kappa shape index (κ2) is 16.8. The molecule has 0 saturated heterocycles. The molecular weight excluding hydrogens is 431 g/mol. The Morgan fingerprint density at radius 1 is 0.677 bits per heavy atom. The van der Waals surface area contributed by atoms with E-state index in [9.17, 15) is 13.0 Å². The summed E-state index contributed by atoms with van der Waals surface area (Å²) in [6, 6.07) is 11.0. The van der Waals surface area contributed by atoms with Crippen LogP contribution < -0.4 is 51.4 Å². The zero-order chi connectivity index (χ0) is 21.7. The minimum atomic E-state index is -4.48. The minimum Gasteiger partial charge on any atom is -0.744 e. The van der Waals surface area contributed by atoms with Gasteiger partial charge in [-0.1, -0.05) is 127 Å². The first-order chi connectivity index (χ1) is 14.5. The maximum absolute atomic E-state index is 11.9. The number of hydrogen-bond acceptors (Lipinski definition) is 3. The molecule has 0 aliphatic rings. The van der Waals surface area contributed by atoms with Crippen molar-refractivity contribution in [2.75, 3.05) is 0 Å². The molecule has 168 valence electrons. The summed E-state index contributed by atoms with van der Waals surface area (Å²) in [5.41, 5.74) is 0.669. The molecule has 5 heteroatoms. The first-order valence-corrected chi connectivity index (χ1v) is 13.4. The van der Waals surface area contributed by atoms with Crippen LogP contribution in [0.1, 0.15) is 102 Å². The largest absolute Gasteiger partial charge is 1.00 e. The van der Waals surface area contributed by atoms with Gasteiger partial charge in [-0.15, -0.1) is 0 Å². The van der Waals surface area contributed by atoms with Crippen LogP contribution >= 0.6 is 0 Å². The Bertz CT molecular complexity index is 849. The summed E-state index contributed by atoms with van der Waals surface area (Å²) >= 11 is 0. The molecule has 0 amide bonds. The Hall–Kier alpha value is 0.246. The summed E-state index contributed by atoms with van der Waals surface area (Å²) in [5, 5.41) is 1.35. The fourth-order valence-corrected chi connectivity index (χ4v) is 5.24. The molecule has 31 heavy (non-hydrogen) atoms. The topological polar surface area (TPSA) is 57.2 Å². The van der Waals surface area contributed by atoms with Crippen molar-refractivity contribution < 1.29 is 64.4 Å². The molecule has 0 fully saturated rings. The SMILES string of the molecule is CCCCCCCCCCCCCCCCc1ccc2ccccc2c1S(=O)(=O)[O-].[K+]. The Morgan fingerprint density at radius 3 is 1.68 bits per heavy atom. The van der Waals surface area contributed by atoms with Crippen molar-refractivity contribution in [2.24, 2.45) is 0 Å². The van der Waals surface area contributed by atoms with Crippen LogP contribution in [0, 0.1) is 0 Å². The van der Waals surface area contributed by atoms with Crippen LogP contribution in [0.15, 0.2) is 41.3 Å². The van der Waals surface area contributed by atoms with Gasteiger partial charge in [0.1, 0.15) is 10.1 Å². The first kappa shape index (κ1) is 29.3. The Labute approximate surface area is 233 Å². The Kier molecular flexibility index (Phi) is 15.9. The van der Waals surface area contributed by atoms with Crippen LogP contribution in [-0.4, -0.2) is 13.0 Å². The second-order valence-electron chi connectivity index (χ2n) is 8.58. The van der Waals surface area contributed by atoms with Crippen LogP contribution in [0.4, 0.5) is 0 Å². The van der Waals surface area contributed by atoms with Crippen LogP contribution in [0.2, 0.25) is 0 Å². The van der Waals surface area contributed by atoms with E-state index in [-0.39, 0.29) is 56.3 Å². The maximum atomic E-state index is 11.9. The average molecular weight is 471 g/mol. The van der Waals surface area contributed by atoms with Gasteiger partial charge in [-0.3, -0.25) is 0 Å². The molecule has 2 aromatic rings. The molecule has 0 N–H and O–H groups in total. The van der Waals surface area contributed by atoms with Gasteiger partial charge in [0.15, 0.2) is 0 Å². The third-order valence-electron chi connectivity index (χ3n) is 6.01. The molecule has 0 saturated carbocycles. The zero-order valence-electron chi connectivity index (χ0n) is 19.7. The summed E-state index contributed by atoms with van der Waals surface area (Å²) < 4.78 is 35.6. The number of rotatable bonds is 16. The molecule has 0 aromatic heterocycles. The molecule has 0 aliphatic heterocycles. The number of benzene rings is 2. The number of fused-ring (bicyclic) bond motifs is 1. The van der Waals surface area contributed by atoms with Crippen molar-refractivity contribution in [3.8, 4) is 0 Å². The molecule has 0 aliphatic carbocycles. The molecule has 0 spiro atoms. The molecular formula is C26H39KO3S. The predicted molar refractivity (Wildman–Crippen MR) is 126 cm³/mol. The molecule has 2 aromatic carbocycles. The van der Waals surface area contributed by atoms with Gasteiger partial charge in [-0.2, -0.15) is 0 Å². The van der Waals surface area contributed by atoms with E-state index in [1.807, 2.05) is 24.3 Å². The molecule has 0 heterocycles. The molecule has 2 rings (SSSR count). The van der Waals surface area contributed by atoms with Gasteiger partial charge in [0.2, 0.25) is 0 Å². The third kappa shape index (κ3) is 11.3. The van der Waals surface area contributed by atoms with Crippen molar-refractivity contribution in [3.05, 3.63) is 42.0 Å². The van der Waals surface area contributed by atoms with E-state index in [4.69, 9.17) is 0 Å². The number of unbranched alkanes of at least 4 members (excludes halogenated alkanes) is 13. The fraction of sp³-hybridized carbons (Fsp3) is 0.615. The fourth-order valence-electron chi connectivity index (χ4n) is 4.29. The second-order valence-corrected chi connectivity index (χ2v) is 9.89. The maximum Gasteiger partial charge on any atom is 1.00 e. The normalized spacial score (nSPS) is 11.5. The molecule has 0 atom stereocenters. The smallest absolute Gasteiger partial charge is 0.744 e. The first-order valence-electron chi connectivity index (χ1n) is 12.0. The molecule has 0 unspecified atom stereocenters. The predicted octanol–water partition coefficient (Wildman–Crippen LogP) is 4.77. The van der Waals surface area contributed by atoms with Gasteiger partial charge >= 0.3 is 51.4 Å². The van der Waals surface area contributed by atoms with Gasteiger partial charge in [0, 0.05) is 0 Å². The molecule has 3 nitrogen and oxygen atoms in total. The van der Waals surface area contributed by atoms with Crippen molar-refractivity contribution in [1.82, 2.24) is 0 Å². The number of aryl methyl sites for hydroxylation is 1. The summed E-state index contributed by atoms with van der Waals surface area (Å²) in [7, 11) is -4.48. The van der Waals surface area contributed by atoms with Crippen molar-refractivity contribution in [2.45, 2.75) is 108 Å². The van der Waals surface area contributed by atoms with Crippen molar-refractivity contribution in [1.29, 1.82) is 0 Å². The molecule has 0 bridgehead atoms. The standard InChI is InChI=1S/C26H40O3S.K/c1-2-3-4-5-6-7-8-9-10-11-12-13-14-15-19-24-22-21-23-18-16-17-20-25(23)26(24)30(27,28)29;/h16-18,20-22H,2-15,19H2,1H3,(H,27,28,29);/q;+1/p-1. The van der Waals surface area contributed by atoms with Gasteiger partial charge in [0.05, 0.1) is 4.90 Å². The van der Waals surface area contributed by atoms with E-state index in [1.54, 1.807) is 12.1 Å². The summed E-state index contributed by atoms with van der Waals surface area (Å²) in [6.45, 7) is 2.26. The van der Waals surface area contributed by atoms with Crippen LogP contribution in [0.3, 0.4) is 0 Å². The third-order valence-corrected chi connectivity index (χ3v) is 6.99. The quantitative estimate of drug-likeness (QED) is 0.202. The summed E-state index contributed by atoms with van der Waals surface area (Å²) in [6.07, 6.45) is 18.8. The van der Waals surface area contributed by atoms with Crippen LogP contribution in [0.25, 0.3) is 10.8 Å². The Balaban J connectivity index is 0.00000480.